The van der Waals surface area contributed by atoms with Gasteiger partial charge in [-0.15, -0.1) is 0 Å². The summed E-state index contributed by atoms with van der Waals surface area (Å²) in [5.41, 5.74) is 5.00. The van der Waals surface area contributed by atoms with E-state index in [9.17, 15) is 9.90 Å². The minimum atomic E-state index is -0.892. The van der Waals surface area contributed by atoms with E-state index < -0.39 is 5.97 Å². The Balaban J connectivity index is 1.69. The zero-order valence-electron chi connectivity index (χ0n) is 18.4. The van der Waals surface area contributed by atoms with Crippen molar-refractivity contribution in [3.8, 4) is 5.75 Å². The molecule has 0 saturated carbocycles. The lowest BCUT2D eigenvalue weighted by atomic mass is 9.90. The van der Waals surface area contributed by atoms with Crippen LogP contribution >= 0.6 is 0 Å². The maximum atomic E-state index is 11.3. The van der Waals surface area contributed by atoms with Gasteiger partial charge in [0.2, 0.25) is 0 Å². The molecule has 6 heteroatoms. The second-order valence-electron chi connectivity index (χ2n) is 8.33. The molecule has 0 bridgehead atoms. The average Bonchev–Trinajstić information content (AvgIpc) is 3.27. The minimum absolute atomic E-state index is 0.209. The number of aromatic carboxylic acids is 1. The number of methoxy groups -OCH3 is 1. The molecule has 2 aromatic carbocycles. The van der Waals surface area contributed by atoms with Crippen LogP contribution < -0.4 is 10.1 Å². The number of nitrogens with one attached hydrogen (secondary N) is 2. The molecule has 31 heavy (non-hydrogen) atoms. The van der Waals surface area contributed by atoms with Crippen LogP contribution in [0.3, 0.4) is 0 Å². The Morgan fingerprint density at radius 3 is 2.74 bits per heavy atom. The number of H-pyrrole nitrogens is 1. The molecular formula is C25H31N3O3. The molecule has 164 valence electrons. The van der Waals surface area contributed by atoms with Gasteiger partial charge in [0.15, 0.2) is 0 Å². The molecule has 1 aliphatic heterocycles. The van der Waals surface area contributed by atoms with Gasteiger partial charge in [0, 0.05) is 47.8 Å². The Hall–Kier alpha value is -2.83. The fourth-order valence-corrected chi connectivity index (χ4v) is 4.86. The molecule has 4 rings (SSSR count). The molecule has 3 N–H and O–H groups in total. The highest BCUT2D eigenvalue weighted by Gasteiger charge is 2.30. The van der Waals surface area contributed by atoms with Gasteiger partial charge in [0.25, 0.3) is 0 Å². The number of carbonyl (C=O) groups is 1. The summed E-state index contributed by atoms with van der Waals surface area (Å²) in [4.78, 5) is 17.2. The molecule has 6 nitrogen and oxygen atoms in total. The largest absolute Gasteiger partial charge is 0.496 e. The Labute approximate surface area is 183 Å². The summed E-state index contributed by atoms with van der Waals surface area (Å²) >= 11 is 0. The summed E-state index contributed by atoms with van der Waals surface area (Å²) in [6.45, 7) is 6.93. The number of hydrogen-bond donors (Lipinski definition) is 3. The van der Waals surface area contributed by atoms with E-state index in [-0.39, 0.29) is 6.04 Å². The van der Waals surface area contributed by atoms with Crippen LogP contribution in [0, 0.1) is 6.92 Å². The highest BCUT2D eigenvalue weighted by molar-refractivity contribution is 5.88. The second kappa shape index (κ2) is 9.12. The Morgan fingerprint density at radius 1 is 1.29 bits per heavy atom. The van der Waals surface area contributed by atoms with Crippen LogP contribution in [0.5, 0.6) is 5.75 Å². The molecule has 0 radical (unpaired) electrons. The summed E-state index contributed by atoms with van der Waals surface area (Å²) in [6, 6.07) is 12.3. The average molecular weight is 422 g/mol. The van der Waals surface area contributed by atoms with Crippen molar-refractivity contribution in [3.63, 3.8) is 0 Å². The normalized spacial score (nSPS) is 19.6. The topological polar surface area (TPSA) is 77.6 Å². The summed E-state index contributed by atoms with van der Waals surface area (Å²) in [6.07, 6.45) is 4.06. The van der Waals surface area contributed by atoms with Crippen molar-refractivity contribution in [2.24, 2.45) is 0 Å². The first-order valence-corrected chi connectivity index (χ1v) is 11.0. The number of ether oxygens (including phenoxy) is 1. The third-order valence-electron chi connectivity index (χ3n) is 6.44. The quantitative estimate of drug-likeness (QED) is 0.524. The number of aryl methyl sites for hydroxylation is 1. The van der Waals surface area contributed by atoms with Crippen molar-refractivity contribution in [1.29, 1.82) is 0 Å². The van der Waals surface area contributed by atoms with E-state index in [2.05, 4.69) is 41.2 Å². The van der Waals surface area contributed by atoms with Crippen molar-refractivity contribution in [2.45, 2.75) is 45.3 Å². The third kappa shape index (κ3) is 4.31. The summed E-state index contributed by atoms with van der Waals surface area (Å²) in [5, 5.41) is 14.1. The first-order chi connectivity index (χ1) is 15.0. The van der Waals surface area contributed by atoms with E-state index in [4.69, 9.17) is 4.74 Å². The fourth-order valence-electron chi connectivity index (χ4n) is 4.86. The molecule has 2 atom stereocenters. The highest BCUT2D eigenvalue weighted by Crippen LogP contribution is 2.37. The summed E-state index contributed by atoms with van der Waals surface area (Å²) < 4.78 is 5.77. The molecule has 0 aliphatic carbocycles. The number of aromatic amines is 1. The Bertz CT molecular complexity index is 1060. The van der Waals surface area contributed by atoms with Crippen molar-refractivity contribution in [1.82, 2.24) is 15.2 Å². The number of hydrogen-bond acceptors (Lipinski definition) is 4. The van der Waals surface area contributed by atoms with Gasteiger partial charge in [-0.05, 0) is 61.7 Å². The van der Waals surface area contributed by atoms with Gasteiger partial charge in [-0.3, -0.25) is 4.90 Å². The van der Waals surface area contributed by atoms with Crippen LogP contribution in [-0.2, 0) is 6.54 Å². The van der Waals surface area contributed by atoms with E-state index in [1.807, 2.05) is 18.3 Å². The van der Waals surface area contributed by atoms with Crippen LogP contribution in [0.15, 0.2) is 42.6 Å². The molecular weight excluding hydrogens is 390 g/mol. The van der Waals surface area contributed by atoms with Crippen molar-refractivity contribution >= 4 is 16.9 Å². The molecule has 1 saturated heterocycles. The monoisotopic (exact) mass is 421 g/mol. The number of rotatable bonds is 7. The molecule has 0 amide bonds. The Morgan fingerprint density at radius 2 is 2.06 bits per heavy atom. The smallest absolute Gasteiger partial charge is 0.335 e. The molecule has 1 fully saturated rings. The molecule has 2 unspecified atom stereocenters. The van der Waals surface area contributed by atoms with E-state index in [0.29, 0.717) is 11.6 Å². The highest BCUT2D eigenvalue weighted by atomic mass is 16.5. The maximum absolute atomic E-state index is 11.3. The van der Waals surface area contributed by atoms with E-state index in [1.54, 1.807) is 19.2 Å². The van der Waals surface area contributed by atoms with E-state index in [0.717, 1.165) is 49.3 Å². The number of fused-ring (bicyclic) bond motifs is 1. The lowest BCUT2D eigenvalue weighted by molar-refractivity contribution is 0.0696. The molecule has 0 spiro atoms. The molecule has 3 aromatic rings. The molecule has 2 heterocycles. The summed E-state index contributed by atoms with van der Waals surface area (Å²) in [5.74, 6) is 0.0233. The fraction of sp³-hybridized carbons (Fsp3) is 0.400. The minimum Gasteiger partial charge on any atom is -0.496 e. The number of nitrogens with zero attached hydrogens (tertiary/aromatic N) is 1. The Kier molecular flexibility index (Phi) is 6.30. The number of piperidine rings is 1. The predicted octanol–water partition coefficient (Wildman–Crippen LogP) is 4.50. The van der Waals surface area contributed by atoms with Gasteiger partial charge in [0.05, 0.1) is 12.7 Å². The molecule has 1 aromatic heterocycles. The first-order valence-electron chi connectivity index (χ1n) is 11.0. The van der Waals surface area contributed by atoms with Gasteiger partial charge in [-0.1, -0.05) is 19.1 Å². The van der Waals surface area contributed by atoms with E-state index in [1.165, 1.54) is 16.5 Å². The van der Waals surface area contributed by atoms with Crippen LogP contribution in [0.1, 0.15) is 52.9 Å². The number of carboxylic acids is 1. The van der Waals surface area contributed by atoms with Gasteiger partial charge >= 0.3 is 5.97 Å². The van der Waals surface area contributed by atoms with E-state index >= 15 is 0 Å². The van der Waals surface area contributed by atoms with Crippen LogP contribution in [0.25, 0.3) is 10.9 Å². The van der Waals surface area contributed by atoms with Crippen molar-refractivity contribution in [3.05, 3.63) is 64.8 Å². The SMILES string of the molecule is CCNC1CCN(Cc2c(OC)cc(C)c3[nH]ccc23)C(c2ccc(C(=O)O)cc2)C1. The lowest BCUT2D eigenvalue weighted by Crippen LogP contribution is -2.44. The van der Waals surface area contributed by atoms with Crippen molar-refractivity contribution in [2.75, 3.05) is 20.2 Å². The maximum Gasteiger partial charge on any atom is 0.335 e. The summed E-state index contributed by atoms with van der Waals surface area (Å²) in [7, 11) is 1.73. The number of carboxylic acid groups (broad SMARTS) is 1. The van der Waals surface area contributed by atoms with Gasteiger partial charge in [-0.25, -0.2) is 4.79 Å². The zero-order valence-corrected chi connectivity index (χ0v) is 18.4. The van der Waals surface area contributed by atoms with Crippen LogP contribution in [-0.4, -0.2) is 47.2 Å². The van der Waals surface area contributed by atoms with Gasteiger partial charge in [0.1, 0.15) is 5.75 Å². The lowest BCUT2D eigenvalue weighted by Gasteiger charge is -2.40. The zero-order chi connectivity index (χ0) is 22.0. The predicted molar refractivity (Wildman–Crippen MR) is 123 cm³/mol. The standard InChI is InChI=1S/C25H31N3O3/c1-4-26-19-10-12-28(22(14-19)17-5-7-18(8-6-17)25(29)30)15-21-20-9-11-27-24(20)16(2)13-23(21)31-3/h5-9,11,13,19,22,26-27H,4,10,12,14-15H2,1-3H3,(H,29,30). The third-order valence-corrected chi connectivity index (χ3v) is 6.44. The van der Waals surface area contributed by atoms with Crippen LogP contribution in [0.4, 0.5) is 0 Å². The van der Waals surface area contributed by atoms with Gasteiger partial charge in [-0.2, -0.15) is 0 Å². The number of benzene rings is 2. The van der Waals surface area contributed by atoms with Crippen LogP contribution in [0.2, 0.25) is 0 Å². The van der Waals surface area contributed by atoms with Crippen molar-refractivity contribution < 1.29 is 14.6 Å². The number of likely N-dealkylation sites (tertiary alicyclic amines) is 1. The first kappa shape index (κ1) is 21.4. The van der Waals surface area contributed by atoms with Gasteiger partial charge < -0.3 is 20.1 Å². The molecule has 1 aliphatic rings. The second-order valence-corrected chi connectivity index (χ2v) is 8.33. The number of aromatic nitrogens is 1.